The van der Waals surface area contributed by atoms with Crippen molar-refractivity contribution in [2.45, 2.75) is 6.42 Å². The van der Waals surface area contributed by atoms with Crippen molar-refractivity contribution < 1.29 is 14.7 Å². The molecule has 2 unspecified atom stereocenters. The number of benzene rings is 1. The summed E-state index contributed by atoms with van der Waals surface area (Å²) in [4.78, 5) is 27.0. The molecule has 2 aliphatic rings. The molecule has 112 valence electrons. The van der Waals surface area contributed by atoms with E-state index in [2.05, 4.69) is 4.90 Å². The van der Waals surface area contributed by atoms with Crippen molar-refractivity contribution in [2.75, 3.05) is 31.1 Å². The third kappa shape index (κ3) is 2.97. The number of rotatable bonds is 3. The smallest absolute Gasteiger partial charge is 0.307 e. The van der Waals surface area contributed by atoms with Gasteiger partial charge in [-0.05, 0) is 24.6 Å². The minimum absolute atomic E-state index is 0.00635. The monoisotopic (exact) mass is 308 g/mol. The lowest BCUT2D eigenvalue weighted by atomic mass is 10.2. The number of amides is 1. The highest BCUT2D eigenvalue weighted by atomic mass is 35.5. The summed E-state index contributed by atoms with van der Waals surface area (Å²) in [5.41, 5.74) is 1.06. The van der Waals surface area contributed by atoms with E-state index in [-0.39, 0.29) is 11.8 Å². The van der Waals surface area contributed by atoms with Crippen LogP contribution in [-0.2, 0) is 9.59 Å². The minimum atomic E-state index is -0.856. The van der Waals surface area contributed by atoms with Crippen LogP contribution >= 0.6 is 11.6 Å². The number of hydrogen-bond donors (Lipinski definition) is 1. The highest BCUT2D eigenvalue weighted by Crippen LogP contribution is 2.40. The summed E-state index contributed by atoms with van der Waals surface area (Å²) in [6.07, 6.45) is 0.489. The first kappa shape index (κ1) is 14.2. The summed E-state index contributed by atoms with van der Waals surface area (Å²) >= 11 is 5.99. The number of halogens is 1. The SMILES string of the molecule is O=C(O)C1CC1C(=O)N1CCN(c2cccc(Cl)c2)CC1. The number of piperazine rings is 1. The second-order valence-corrected chi connectivity index (χ2v) is 6.02. The lowest BCUT2D eigenvalue weighted by molar-refractivity contribution is -0.142. The Labute approximate surface area is 128 Å². The second kappa shape index (κ2) is 5.56. The van der Waals surface area contributed by atoms with E-state index in [1.807, 2.05) is 24.3 Å². The fourth-order valence-corrected chi connectivity index (χ4v) is 3.02. The molecule has 1 saturated carbocycles. The van der Waals surface area contributed by atoms with Gasteiger partial charge in [0.2, 0.25) is 5.91 Å². The van der Waals surface area contributed by atoms with E-state index in [9.17, 15) is 9.59 Å². The summed E-state index contributed by atoms with van der Waals surface area (Å²) in [5, 5.41) is 9.60. The molecule has 21 heavy (non-hydrogen) atoms. The highest BCUT2D eigenvalue weighted by molar-refractivity contribution is 6.30. The molecule has 0 aromatic heterocycles. The number of carboxylic acids is 1. The lowest BCUT2D eigenvalue weighted by Crippen LogP contribution is -2.49. The van der Waals surface area contributed by atoms with E-state index in [0.717, 1.165) is 18.8 Å². The number of nitrogens with zero attached hydrogens (tertiary/aromatic N) is 2. The predicted molar refractivity (Wildman–Crippen MR) is 79.5 cm³/mol. The maximum absolute atomic E-state index is 12.2. The molecule has 1 amide bonds. The van der Waals surface area contributed by atoms with Gasteiger partial charge in [-0.25, -0.2) is 0 Å². The van der Waals surface area contributed by atoms with Gasteiger partial charge in [0.25, 0.3) is 0 Å². The topological polar surface area (TPSA) is 60.9 Å². The zero-order chi connectivity index (χ0) is 15.0. The van der Waals surface area contributed by atoms with Crippen molar-refractivity contribution in [2.24, 2.45) is 11.8 Å². The van der Waals surface area contributed by atoms with Gasteiger partial charge in [-0.1, -0.05) is 17.7 Å². The maximum Gasteiger partial charge on any atom is 0.307 e. The fourth-order valence-electron chi connectivity index (χ4n) is 2.83. The summed E-state index contributed by atoms with van der Waals surface area (Å²) < 4.78 is 0. The Kier molecular flexibility index (Phi) is 3.76. The molecule has 1 N–H and O–H groups in total. The second-order valence-electron chi connectivity index (χ2n) is 5.58. The predicted octanol–water partition coefficient (Wildman–Crippen LogP) is 1.71. The van der Waals surface area contributed by atoms with Crippen LogP contribution in [0.3, 0.4) is 0 Å². The summed E-state index contributed by atoms with van der Waals surface area (Å²) in [5.74, 6) is -1.64. The summed E-state index contributed by atoms with van der Waals surface area (Å²) in [6, 6.07) is 7.67. The van der Waals surface area contributed by atoms with Crippen LogP contribution in [0.5, 0.6) is 0 Å². The van der Waals surface area contributed by atoms with E-state index in [0.29, 0.717) is 24.5 Å². The van der Waals surface area contributed by atoms with Gasteiger partial charge in [0.15, 0.2) is 0 Å². The third-order valence-corrected chi connectivity index (χ3v) is 4.42. The molecule has 0 bridgehead atoms. The normalized spacial score (nSPS) is 24.8. The Morgan fingerprint density at radius 2 is 1.86 bits per heavy atom. The molecule has 1 saturated heterocycles. The molecule has 1 aromatic rings. The van der Waals surface area contributed by atoms with Crippen LogP contribution in [0.2, 0.25) is 5.02 Å². The minimum Gasteiger partial charge on any atom is -0.481 e. The zero-order valence-corrected chi connectivity index (χ0v) is 12.3. The molecule has 1 aliphatic carbocycles. The Morgan fingerprint density at radius 1 is 1.14 bits per heavy atom. The van der Waals surface area contributed by atoms with Gasteiger partial charge in [-0.2, -0.15) is 0 Å². The Morgan fingerprint density at radius 3 is 2.43 bits per heavy atom. The molecule has 0 radical (unpaired) electrons. The molecule has 3 rings (SSSR count). The first-order chi connectivity index (χ1) is 10.1. The number of aliphatic carboxylic acids is 1. The van der Waals surface area contributed by atoms with Crippen LogP contribution in [0.25, 0.3) is 0 Å². The van der Waals surface area contributed by atoms with E-state index in [1.165, 1.54) is 0 Å². The van der Waals surface area contributed by atoms with Crippen molar-refractivity contribution >= 4 is 29.2 Å². The van der Waals surface area contributed by atoms with Crippen LogP contribution in [0.15, 0.2) is 24.3 Å². The van der Waals surface area contributed by atoms with Gasteiger partial charge in [0.1, 0.15) is 0 Å². The van der Waals surface area contributed by atoms with E-state index >= 15 is 0 Å². The average Bonchev–Trinajstić information content (AvgIpc) is 3.27. The average molecular weight is 309 g/mol. The first-order valence-corrected chi connectivity index (χ1v) is 7.46. The van der Waals surface area contributed by atoms with Gasteiger partial charge in [0, 0.05) is 36.9 Å². The maximum atomic E-state index is 12.2. The molecule has 1 aromatic carbocycles. The Hall–Kier alpha value is -1.75. The molecular weight excluding hydrogens is 292 g/mol. The zero-order valence-electron chi connectivity index (χ0n) is 11.5. The molecule has 1 aliphatic heterocycles. The number of carbonyl (C=O) groups is 2. The molecule has 1 heterocycles. The molecular formula is C15H17ClN2O3. The number of anilines is 1. The standard InChI is InChI=1S/C15H17ClN2O3/c16-10-2-1-3-11(8-10)17-4-6-18(7-5-17)14(19)12-9-13(12)15(20)21/h1-3,8,12-13H,4-7,9H2,(H,20,21). The third-order valence-electron chi connectivity index (χ3n) is 4.19. The highest BCUT2D eigenvalue weighted by Gasteiger charge is 2.49. The molecule has 2 fully saturated rings. The van der Waals surface area contributed by atoms with Gasteiger partial charge < -0.3 is 14.9 Å². The van der Waals surface area contributed by atoms with E-state index < -0.39 is 11.9 Å². The molecule has 5 nitrogen and oxygen atoms in total. The molecule has 6 heteroatoms. The lowest BCUT2D eigenvalue weighted by Gasteiger charge is -2.36. The van der Waals surface area contributed by atoms with Crippen LogP contribution in [0.4, 0.5) is 5.69 Å². The number of hydrogen-bond acceptors (Lipinski definition) is 3. The summed E-state index contributed by atoms with van der Waals surface area (Å²) in [6.45, 7) is 2.76. The van der Waals surface area contributed by atoms with Crippen molar-refractivity contribution in [3.05, 3.63) is 29.3 Å². The van der Waals surface area contributed by atoms with Gasteiger partial charge in [0.05, 0.1) is 11.8 Å². The number of carbonyl (C=O) groups excluding carboxylic acids is 1. The van der Waals surface area contributed by atoms with Crippen LogP contribution in [0.1, 0.15) is 6.42 Å². The van der Waals surface area contributed by atoms with Crippen molar-refractivity contribution in [1.29, 1.82) is 0 Å². The molecule has 0 spiro atoms. The van der Waals surface area contributed by atoms with Crippen LogP contribution in [0, 0.1) is 11.8 Å². The van der Waals surface area contributed by atoms with Gasteiger partial charge >= 0.3 is 5.97 Å². The van der Waals surface area contributed by atoms with Gasteiger partial charge in [-0.3, -0.25) is 9.59 Å². The number of carboxylic acid groups (broad SMARTS) is 1. The van der Waals surface area contributed by atoms with Crippen LogP contribution in [-0.4, -0.2) is 48.1 Å². The Balaban J connectivity index is 1.56. The van der Waals surface area contributed by atoms with Crippen LogP contribution < -0.4 is 4.90 Å². The van der Waals surface area contributed by atoms with Gasteiger partial charge in [-0.15, -0.1) is 0 Å². The summed E-state index contributed by atoms with van der Waals surface area (Å²) in [7, 11) is 0. The largest absolute Gasteiger partial charge is 0.481 e. The fraction of sp³-hybridized carbons (Fsp3) is 0.467. The quantitative estimate of drug-likeness (QED) is 0.923. The Bertz CT molecular complexity index is 570. The first-order valence-electron chi connectivity index (χ1n) is 7.08. The van der Waals surface area contributed by atoms with E-state index in [1.54, 1.807) is 4.90 Å². The van der Waals surface area contributed by atoms with Crippen molar-refractivity contribution in [3.63, 3.8) is 0 Å². The van der Waals surface area contributed by atoms with E-state index in [4.69, 9.17) is 16.7 Å². The molecule has 2 atom stereocenters. The van der Waals surface area contributed by atoms with Crippen molar-refractivity contribution in [1.82, 2.24) is 4.90 Å². The van der Waals surface area contributed by atoms with Crippen molar-refractivity contribution in [3.8, 4) is 0 Å².